The maximum atomic E-state index is 13.7. The molecule has 3 rings (SSSR count). The van der Waals surface area contributed by atoms with Crippen molar-refractivity contribution in [2.75, 3.05) is 0 Å². The smallest absolute Gasteiger partial charge is 0.252 e. The third kappa shape index (κ3) is 1.26. The number of carbonyl (C=O) groups is 1. The molecule has 3 aromatic rings. The topological polar surface area (TPSA) is 80.6 Å². The van der Waals surface area contributed by atoms with E-state index in [0.717, 1.165) is 6.07 Å². The van der Waals surface area contributed by atoms with Crippen LogP contribution in [0.15, 0.2) is 30.6 Å². The van der Waals surface area contributed by atoms with Crippen LogP contribution < -0.4 is 5.73 Å². The molecular formula is C12H8FN3O2. The normalized spacial score (nSPS) is 11.2. The molecule has 6 heteroatoms. The molecular weight excluding hydrogens is 237 g/mol. The first-order valence-electron chi connectivity index (χ1n) is 5.16. The number of phenols is 1. The summed E-state index contributed by atoms with van der Waals surface area (Å²) in [5.74, 6) is -1.33. The second-order valence-corrected chi connectivity index (χ2v) is 3.87. The van der Waals surface area contributed by atoms with Gasteiger partial charge in [-0.2, -0.15) is 0 Å². The summed E-state index contributed by atoms with van der Waals surface area (Å²) in [4.78, 5) is 15.3. The van der Waals surface area contributed by atoms with Gasteiger partial charge in [0, 0.05) is 17.8 Å². The number of rotatable bonds is 1. The van der Waals surface area contributed by atoms with Crippen molar-refractivity contribution in [2.45, 2.75) is 0 Å². The molecule has 0 aliphatic carbocycles. The maximum Gasteiger partial charge on any atom is 0.252 e. The number of nitrogens with zero attached hydrogens (tertiary/aromatic N) is 2. The standard InChI is InChI=1S/C12H8FN3O2/c13-8-1-2-9(17)10-6(8)5-7(11(14)18)12-15-3-4-16(10)12/h1-5,17H,(H2,14,18). The van der Waals surface area contributed by atoms with E-state index in [0.29, 0.717) is 0 Å². The lowest BCUT2D eigenvalue weighted by Gasteiger charge is -2.08. The number of primary amides is 1. The third-order valence-corrected chi connectivity index (χ3v) is 2.82. The Morgan fingerprint density at radius 3 is 2.94 bits per heavy atom. The molecule has 0 bridgehead atoms. The van der Waals surface area contributed by atoms with Crippen molar-refractivity contribution in [3.8, 4) is 5.75 Å². The summed E-state index contributed by atoms with van der Waals surface area (Å²) >= 11 is 0. The van der Waals surface area contributed by atoms with Crippen molar-refractivity contribution < 1.29 is 14.3 Å². The average Bonchev–Trinajstić information content (AvgIpc) is 2.81. The number of hydrogen-bond donors (Lipinski definition) is 2. The van der Waals surface area contributed by atoms with E-state index >= 15 is 0 Å². The maximum absolute atomic E-state index is 13.7. The van der Waals surface area contributed by atoms with Gasteiger partial charge in [-0.15, -0.1) is 0 Å². The Bertz CT molecular complexity index is 795. The number of halogens is 1. The van der Waals surface area contributed by atoms with E-state index in [2.05, 4.69) is 4.98 Å². The monoisotopic (exact) mass is 245 g/mol. The van der Waals surface area contributed by atoms with E-state index in [1.165, 1.54) is 28.9 Å². The highest BCUT2D eigenvalue weighted by Crippen LogP contribution is 2.29. The van der Waals surface area contributed by atoms with Gasteiger partial charge in [-0.05, 0) is 18.2 Å². The number of nitrogens with two attached hydrogens (primary N) is 1. The van der Waals surface area contributed by atoms with E-state index in [9.17, 15) is 14.3 Å². The summed E-state index contributed by atoms with van der Waals surface area (Å²) in [6, 6.07) is 3.68. The molecule has 0 aliphatic heterocycles. The zero-order valence-electron chi connectivity index (χ0n) is 9.09. The van der Waals surface area contributed by atoms with Crippen molar-refractivity contribution in [2.24, 2.45) is 5.73 Å². The molecule has 1 aromatic carbocycles. The van der Waals surface area contributed by atoms with Crippen LogP contribution in [0, 0.1) is 5.82 Å². The molecule has 0 spiro atoms. The van der Waals surface area contributed by atoms with E-state index in [-0.39, 0.29) is 27.9 Å². The lowest BCUT2D eigenvalue weighted by Crippen LogP contribution is -2.13. The summed E-state index contributed by atoms with van der Waals surface area (Å²) < 4.78 is 15.2. The molecule has 2 heterocycles. The van der Waals surface area contributed by atoms with E-state index in [1.807, 2.05) is 0 Å². The fourth-order valence-electron chi connectivity index (χ4n) is 2.04. The van der Waals surface area contributed by atoms with Crippen LogP contribution >= 0.6 is 0 Å². The number of aromatic nitrogens is 2. The van der Waals surface area contributed by atoms with Crippen LogP contribution in [0.5, 0.6) is 5.75 Å². The fraction of sp³-hybridized carbons (Fsp3) is 0. The van der Waals surface area contributed by atoms with E-state index < -0.39 is 11.7 Å². The van der Waals surface area contributed by atoms with E-state index in [4.69, 9.17) is 5.73 Å². The molecule has 5 nitrogen and oxygen atoms in total. The fourth-order valence-corrected chi connectivity index (χ4v) is 2.04. The van der Waals surface area contributed by atoms with Crippen LogP contribution in [-0.2, 0) is 0 Å². The molecule has 0 atom stereocenters. The van der Waals surface area contributed by atoms with Gasteiger partial charge in [0.2, 0.25) is 0 Å². The number of hydrogen-bond acceptors (Lipinski definition) is 3. The van der Waals surface area contributed by atoms with Gasteiger partial charge in [-0.1, -0.05) is 0 Å². The average molecular weight is 245 g/mol. The van der Waals surface area contributed by atoms with Gasteiger partial charge in [0.15, 0.2) is 0 Å². The Hall–Kier alpha value is -2.63. The Morgan fingerprint density at radius 1 is 1.44 bits per heavy atom. The minimum Gasteiger partial charge on any atom is -0.506 e. The van der Waals surface area contributed by atoms with Gasteiger partial charge in [0.05, 0.1) is 11.1 Å². The highest BCUT2D eigenvalue weighted by molar-refractivity contribution is 6.03. The number of phenolic OH excluding ortho intramolecular Hbond substituents is 1. The zero-order chi connectivity index (χ0) is 12.9. The zero-order valence-corrected chi connectivity index (χ0v) is 9.09. The van der Waals surface area contributed by atoms with Crippen molar-refractivity contribution in [3.63, 3.8) is 0 Å². The first kappa shape index (κ1) is 10.5. The van der Waals surface area contributed by atoms with Crippen LogP contribution in [0.3, 0.4) is 0 Å². The van der Waals surface area contributed by atoms with Gasteiger partial charge in [-0.25, -0.2) is 9.37 Å². The Balaban J connectivity index is 2.64. The van der Waals surface area contributed by atoms with Crippen molar-refractivity contribution in [1.82, 2.24) is 9.38 Å². The number of carbonyl (C=O) groups excluding carboxylic acids is 1. The van der Waals surface area contributed by atoms with Gasteiger partial charge < -0.3 is 10.8 Å². The first-order valence-corrected chi connectivity index (χ1v) is 5.16. The summed E-state index contributed by atoms with van der Waals surface area (Å²) in [5, 5.41) is 9.93. The molecule has 0 radical (unpaired) electrons. The number of pyridine rings is 1. The molecule has 0 saturated heterocycles. The highest BCUT2D eigenvalue weighted by atomic mass is 19.1. The molecule has 18 heavy (non-hydrogen) atoms. The van der Waals surface area contributed by atoms with Crippen LogP contribution in [0.25, 0.3) is 16.6 Å². The molecule has 2 aromatic heterocycles. The SMILES string of the molecule is NC(=O)c1cc2c(F)ccc(O)c2n2ccnc12. The van der Waals surface area contributed by atoms with Crippen molar-refractivity contribution in [3.05, 3.63) is 42.0 Å². The Kier molecular flexibility index (Phi) is 2.00. The number of aromatic hydroxyl groups is 1. The van der Waals surface area contributed by atoms with Crippen LogP contribution in [-0.4, -0.2) is 20.4 Å². The quantitative estimate of drug-likeness (QED) is 0.680. The lowest BCUT2D eigenvalue weighted by atomic mass is 10.1. The van der Waals surface area contributed by atoms with Crippen molar-refractivity contribution in [1.29, 1.82) is 0 Å². The summed E-state index contributed by atoms with van der Waals surface area (Å²) in [5.41, 5.74) is 5.89. The predicted octanol–water partition coefficient (Wildman–Crippen LogP) is 1.43. The summed E-state index contributed by atoms with van der Waals surface area (Å²) in [6.45, 7) is 0. The molecule has 3 N–H and O–H groups in total. The Morgan fingerprint density at radius 2 is 2.22 bits per heavy atom. The molecule has 0 fully saturated rings. The number of amides is 1. The molecule has 0 saturated carbocycles. The molecule has 0 aliphatic rings. The highest BCUT2D eigenvalue weighted by Gasteiger charge is 2.16. The van der Waals surface area contributed by atoms with E-state index in [1.54, 1.807) is 0 Å². The summed E-state index contributed by atoms with van der Waals surface area (Å²) in [6.07, 6.45) is 2.98. The predicted molar refractivity (Wildman–Crippen MR) is 62.8 cm³/mol. The van der Waals surface area contributed by atoms with Gasteiger partial charge >= 0.3 is 0 Å². The van der Waals surface area contributed by atoms with Crippen molar-refractivity contribution >= 4 is 22.5 Å². The molecule has 1 amide bonds. The second kappa shape index (κ2) is 3.43. The largest absolute Gasteiger partial charge is 0.506 e. The Labute approximate surface area is 100 Å². The summed E-state index contributed by atoms with van der Waals surface area (Å²) in [7, 11) is 0. The molecule has 0 unspecified atom stereocenters. The first-order chi connectivity index (χ1) is 8.59. The molecule has 90 valence electrons. The number of imidazole rings is 1. The lowest BCUT2D eigenvalue weighted by molar-refractivity contribution is 0.100. The van der Waals surface area contributed by atoms with Gasteiger partial charge in [0.1, 0.15) is 17.2 Å². The van der Waals surface area contributed by atoms with Crippen LogP contribution in [0.1, 0.15) is 10.4 Å². The minimum absolute atomic E-state index is 0.0922. The third-order valence-electron chi connectivity index (χ3n) is 2.82. The minimum atomic E-state index is -0.698. The number of fused-ring (bicyclic) bond motifs is 3. The van der Waals surface area contributed by atoms with Gasteiger partial charge in [0.25, 0.3) is 5.91 Å². The van der Waals surface area contributed by atoms with Gasteiger partial charge in [-0.3, -0.25) is 9.20 Å². The van der Waals surface area contributed by atoms with Crippen LogP contribution in [0.2, 0.25) is 0 Å². The number of benzene rings is 1. The second-order valence-electron chi connectivity index (χ2n) is 3.87. The van der Waals surface area contributed by atoms with Crippen LogP contribution in [0.4, 0.5) is 4.39 Å².